The van der Waals surface area contributed by atoms with E-state index < -0.39 is 10.0 Å². The molecule has 0 spiro atoms. The van der Waals surface area contributed by atoms with Crippen LogP contribution in [0.25, 0.3) is 0 Å². The first kappa shape index (κ1) is 22.6. The highest BCUT2D eigenvalue weighted by atomic mass is 79.9. The molecule has 2 aromatic rings. The van der Waals surface area contributed by atoms with E-state index in [9.17, 15) is 13.2 Å². The second kappa shape index (κ2) is 9.20. The number of sulfonamides is 1. The SMILES string of the molecule is Cc1ccc(CN(CC(=O)NCC(C)(C)C)S(=O)(=O)c2ccc(Br)cc2)cc1. The minimum absolute atomic E-state index is 0.0813. The maximum atomic E-state index is 13.2. The zero-order valence-electron chi connectivity index (χ0n) is 16.7. The predicted molar refractivity (Wildman–Crippen MR) is 115 cm³/mol. The average molecular weight is 467 g/mol. The molecule has 1 amide bonds. The Morgan fingerprint density at radius 3 is 2.14 bits per heavy atom. The van der Waals surface area contributed by atoms with Crippen LogP contribution in [0.1, 0.15) is 31.9 Å². The van der Waals surface area contributed by atoms with Gasteiger partial charge in [0.15, 0.2) is 0 Å². The van der Waals surface area contributed by atoms with Gasteiger partial charge in [-0.15, -0.1) is 0 Å². The molecule has 0 unspecified atom stereocenters. The summed E-state index contributed by atoms with van der Waals surface area (Å²) in [6.07, 6.45) is 0. The van der Waals surface area contributed by atoms with Gasteiger partial charge in [0.1, 0.15) is 0 Å². The number of nitrogens with zero attached hydrogens (tertiary/aromatic N) is 1. The molecule has 152 valence electrons. The lowest BCUT2D eigenvalue weighted by Gasteiger charge is -2.24. The molecule has 0 saturated carbocycles. The molecule has 0 aliphatic carbocycles. The lowest BCUT2D eigenvalue weighted by molar-refractivity contribution is -0.121. The van der Waals surface area contributed by atoms with Crippen molar-refractivity contribution in [3.05, 3.63) is 64.1 Å². The molecule has 2 aromatic carbocycles. The summed E-state index contributed by atoms with van der Waals surface area (Å²) in [5.41, 5.74) is 1.84. The Morgan fingerprint density at radius 2 is 1.61 bits per heavy atom. The quantitative estimate of drug-likeness (QED) is 0.667. The third kappa shape index (κ3) is 6.72. The molecular formula is C21H27BrN2O3S. The molecule has 0 radical (unpaired) electrons. The summed E-state index contributed by atoms with van der Waals surface area (Å²) < 4.78 is 28.4. The summed E-state index contributed by atoms with van der Waals surface area (Å²) in [7, 11) is -3.82. The third-order valence-electron chi connectivity index (χ3n) is 4.07. The van der Waals surface area contributed by atoms with Gasteiger partial charge in [-0.3, -0.25) is 4.79 Å². The second-order valence-electron chi connectivity index (χ2n) is 8.05. The van der Waals surface area contributed by atoms with Crippen LogP contribution in [0.2, 0.25) is 0 Å². The van der Waals surface area contributed by atoms with E-state index in [1.54, 1.807) is 12.1 Å². The van der Waals surface area contributed by atoms with Crippen LogP contribution in [0, 0.1) is 12.3 Å². The van der Waals surface area contributed by atoms with Gasteiger partial charge in [0.25, 0.3) is 0 Å². The zero-order valence-corrected chi connectivity index (χ0v) is 19.1. The smallest absolute Gasteiger partial charge is 0.243 e. The Hall–Kier alpha value is -1.70. The van der Waals surface area contributed by atoms with Crippen molar-refractivity contribution in [1.82, 2.24) is 9.62 Å². The average Bonchev–Trinajstić information content (AvgIpc) is 2.61. The van der Waals surface area contributed by atoms with Crippen LogP contribution < -0.4 is 5.32 Å². The Kier molecular flexibility index (Phi) is 7.42. The van der Waals surface area contributed by atoms with Gasteiger partial charge in [0.05, 0.1) is 11.4 Å². The molecule has 0 aliphatic rings. The van der Waals surface area contributed by atoms with Crippen LogP contribution in [0.3, 0.4) is 0 Å². The number of hydrogen-bond donors (Lipinski definition) is 1. The molecule has 7 heteroatoms. The first-order valence-electron chi connectivity index (χ1n) is 9.05. The number of carbonyl (C=O) groups is 1. The fourth-order valence-electron chi connectivity index (χ4n) is 2.46. The summed E-state index contributed by atoms with van der Waals surface area (Å²) in [4.78, 5) is 12.6. The lowest BCUT2D eigenvalue weighted by atomic mass is 9.97. The molecule has 0 fully saturated rings. The molecule has 28 heavy (non-hydrogen) atoms. The van der Waals surface area contributed by atoms with E-state index in [4.69, 9.17) is 0 Å². The summed E-state index contributed by atoms with van der Waals surface area (Å²) in [6, 6.07) is 14.0. The topological polar surface area (TPSA) is 66.5 Å². The van der Waals surface area contributed by atoms with Gasteiger partial charge in [-0.1, -0.05) is 66.5 Å². The van der Waals surface area contributed by atoms with Crippen molar-refractivity contribution in [3.8, 4) is 0 Å². The monoisotopic (exact) mass is 466 g/mol. The summed E-state index contributed by atoms with van der Waals surface area (Å²) in [6.45, 7) is 8.37. The van der Waals surface area contributed by atoms with Crippen molar-refractivity contribution in [2.75, 3.05) is 13.1 Å². The van der Waals surface area contributed by atoms with Gasteiger partial charge in [-0.2, -0.15) is 4.31 Å². The molecule has 0 saturated heterocycles. The van der Waals surface area contributed by atoms with E-state index >= 15 is 0 Å². The number of benzene rings is 2. The summed E-state index contributed by atoms with van der Waals surface area (Å²) >= 11 is 3.32. The van der Waals surface area contributed by atoms with Gasteiger partial charge >= 0.3 is 0 Å². The first-order valence-corrected chi connectivity index (χ1v) is 11.3. The number of rotatable bonds is 7. The number of carbonyl (C=O) groups excluding carboxylic acids is 1. The van der Waals surface area contributed by atoms with Crippen LogP contribution in [0.15, 0.2) is 57.9 Å². The van der Waals surface area contributed by atoms with Gasteiger partial charge in [0.2, 0.25) is 15.9 Å². The highest BCUT2D eigenvalue weighted by Gasteiger charge is 2.27. The van der Waals surface area contributed by atoms with Crippen molar-refractivity contribution in [2.24, 2.45) is 5.41 Å². The van der Waals surface area contributed by atoms with Gasteiger partial charge in [0, 0.05) is 17.6 Å². The molecule has 0 aromatic heterocycles. The largest absolute Gasteiger partial charge is 0.354 e. The molecule has 0 atom stereocenters. The Bertz CT molecular complexity index is 902. The van der Waals surface area contributed by atoms with E-state index in [0.29, 0.717) is 6.54 Å². The van der Waals surface area contributed by atoms with Crippen LogP contribution >= 0.6 is 15.9 Å². The number of amides is 1. The highest BCUT2D eigenvalue weighted by molar-refractivity contribution is 9.10. The van der Waals surface area contributed by atoms with Gasteiger partial charge in [-0.05, 0) is 42.2 Å². The molecule has 0 heterocycles. The molecule has 2 rings (SSSR count). The van der Waals surface area contributed by atoms with Gasteiger partial charge < -0.3 is 5.32 Å². The Morgan fingerprint density at radius 1 is 1.04 bits per heavy atom. The lowest BCUT2D eigenvalue weighted by Crippen LogP contribution is -2.42. The first-order chi connectivity index (χ1) is 13.0. The maximum Gasteiger partial charge on any atom is 0.243 e. The van der Waals surface area contributed by atoms with E-state index in [-0.39, 0.29) is 29.3 Å². The van der Waals surface area contributed by atoms with Crippen molar-refractivity contribution >= 4 is 31.9 Å². The van der Waals surface area contributed by atoms with Gasteiger partial charge in [-0.25, -0.2) is 8.42 Å². The summed E-state index contributed by atoms with van der Waals surface area (Å²) in [5.74, 6) is -0.317. The van der Waals surface area contributed by atoms with Crippen molar-refractivity contribution < 1.29 is 13.2 Å². The fraction of sp³-hybridized carbons (Fsp3) is 0.381. The minimum Gasteiger partial charge on any atom is -0.354 e. The Balaban J connectivity index is 2.28. The number of aryl methyl sites for hydroxylation is 1. The van der Waals surface area contributed by atoms with Crippen molar-refractivity contribution in [2.45, 2.75) is 39.1 Å². The van der Waals surface area contributed by atoms with E-state index in [0.717, 1.165) is 15.6 Å². The molecule has 1 N–H and O–H groups in total. The van der Waals surface area contributed by atoms with Crippen molar-refractivity contribution in [3.63, 3.8) is 0 Å². The summed E-state index contributed by atoms with van der Waals surface area (Å²) in [5, 5.41) is 2.83. The van der Waals surface area contributed by atoms with Crippen LogP contribution in [0.4, 0.5) is 0 Å². The standard InChI is InChI=1S/C21H27BrN2O3S/c1-16-5-7-17(8-6-16)13-24(14-20(25)23-15-21(2,3)4)28(26,27)19-11-9-18(22)10-12-19/h5-12H,13-15H2,1-4H3,(H,23,25). The zero-order chi connectivity index (χ0) is 20.9. The van der Waals surface area contributed by atoms with Crippen molar-refractivity contribution in [1.29, 1.82) is 0 Å². The fourth-order valence-corrected chi connectivity index (χ4v) is 4.11. The minimum atomic E-state index is -3.82. The molecule has 0 bridgehead atoms. The van der Waals surface area contributed by atoms with Crippen LogP contribution in [0.5, 0.6) is 0 Å². The Labute approximate surface area is 176 Å². The van der Waals surface area contributed by atoms with E-state index in [1.807, 2.05) is 52.0 Å². The van der Waals surface area contributed by atoms with Crippen LogP contribution in [-0.2, 0) is 21.4 Å². The second-order valence-corrected chi connectivity index (χ2v) is 10.9. The number of hydrogen-bond acceptors (Lipinski definition) is 3. The predicted octanol–water partition coefficient (Wildman–Crippen LogP) is 4.11. The van der Waals surface area contributed by atoms with E-state index in [2.05, 4.69) is 21.2 Å². The molecular weight excluding hydrogens is 440 g/mol. The van der Waals surface area contributed by atoms with Crippen LogP contribution in [-0.4, -0.2) is 31.7 Å². The highest BCUT2D eigenvalue weighted by Crippen LogP contribution is 2.21. The molecule has 0 aliphatic heterocycles. The number of nitrogens with one attached hydrogen (secondary N) is 1. The normalized spacial score (nSPS) is 12.2. The van der Waals surface area contributed by atoms with E-state index in [1.165, 1.54) is 16.4 Å². The molecule has 5 nitrogen and oxygen atoms in total. The maximum absolute atomic E-state index is 13.2. The third-order valence-corrected chi connectivity index (χ3v) is 6.40. The number of halogens is 1.